The number of nitrogens with zero attached hydrogens (tertiary/aromatic N) is 1. The van der Waals surface area contributed by atoms with Crippen molar-refractivity contribution in [2.24, 2.45) is 0 Å². The number of phenolic OH excluding ortho intramolecular Hbond substituents is 1. The lowest BCUT2D eigenvalue weighted by Crippen LogP contribution is -2.12. The fraction of sp³-hybridized carbons (Fsp3) is 0.0625. The molecule has 0 aliphatic heterocycles. The van der Waals surface area contributed by atoms with Crippen molar-refractivity contribution in [1.29, 1.82) is 0 Å². The van der Waals surface area contributed by atoms with Crippen molar-refractivity contribution < 1.29 is 17.7 Å². The van der Waals surface area contributed by atoms with Crippen molar-refractivity contribution in [3.05, 3.63) is 60.2 Å². The van der Waals surface area contributed by atoms with Gasteiger partial charge in [0.1, 0.15) is 11.5 Å². The van der Waals surface area contributed by atoms with Crippen LogP contribution in [0.3, 0.4) is 0 Å². The maximum absolute atomic E-state index is 12.3. The first-order chi connectivity index (χ1) is 10.5. The lowest BCUT2D eigenvalue weighted by Gasteiger charge is -2.10. The van der Waals surface area contributed by atoms with E-state index in [-0.39, 0.29) is 16.5 Å². The van der Waals surface area contributed by atoms with Gasteiger partial charge in [0.15, 0.2) is 5.03 Å². The molecular formula is C16H13NO4S. The first-order valence-electron chi connectivity index (χ1n) is 6.56. The Morgan fingerprint density at radius 3 is 2.59 bits per heavy atom. The Balaban J connectivity index is 2.02. The molecule has 0 fully saturated rings. The number of hydrogen-bond donors (Lipinski definition) is 1. The van der Waals surface area contributed by atoms with E-state index in [1.54, 1.807) is 25.1 Å². The number of benzene rings is 2. The van der Waals surface area contributed by atoms with Gasteiger partial charge in [0.25, 0.3) is 0 Å². The monoisotopic (exact) mass is 315 g/mol. The molecule has 0 bridgehead atoms. The quantitative estimate of drug-likeness (QED) is 0.752. The van der Waals surface area contributed by atoms with Gasteiger partial charge >= 0.3 is 10.1 Å². The number of hydrogen-bond acceptors (Lipinski definition) is 5. The minimum Gasteiger partial charge on any atom is -0.508 e. The van der Waals surface area contributed by atoms with Crippen LogP contribution in [-0.2, 0) is 10.1 Å². The number of fused-ring (bicyclic) bond motifs is 1. The van der Waals surface area contributed by atoms with Gasteiger partial charge in [0, 0.05) is 10.9 Å². The highest BCUT2D eigenvalue weighted by Crippen LogP contribution is 2.28. The van der Waals surface area contributed by atoms with E-state index in [2.05, 4.69) is 4.98 Å². The van der Waals surface area contributed by atoms with Crippen LogP contribution in [0.5, 0.6) is 11.5 Å². The molecule has 0 saturated heterocycles. The van der Waals surface area contributed by atoms with Crippen molar-refractivity contribution in [2.45, 2.75) is 11.9 Å². The van der Waals surface area contributed by atoms with E-state index in [0.29, 0.717) is 11.1 Å². The van der Waals surface area contributed by atoms with Gasteiger partial charge in [-0.1, -0.05) is 24.3 Å². The highest BCUT2D eigenvalue weighted by Gasteiger charge is 2.20. The molecule has 1 N–H and O–H groups in total. The van der Waals surface area contributed by atoms with Crippen molar-refractivity contribution in [3.8, 4) is 11.5 Å². The Hall–Kier alpha value is -2.60. The van der Waals surface area contributed by atoms with Crippen molar-refractivity contribution >= 4 is 21.0 Å². The van der Waals surface area contributed by atoms with Crippen LogP contribution >= 0.6 is 0 Å². The van der Waals surface area contributed by atoms with Gasteiger partial charge in [-0.25, -0.2) is 4.98 Å². The third kappa shape index (κ3) is 2.60. The van der Waals surface area contributed by atoms with Crippen LogP contribution in [0, 0.1) is 6.92 Å². The van der Waals surface area contributed by atoms with Crippen LogP contribution in [0.4, 0.5) is 0 Å². The Labute approximate surface area is 127 Å². The van der Waals surface area contributed by atoms with Crippen LogP contribution in [0.25, 0.3) is 10.9 Å². The predicted octanol–water partition coefficient (Wildman–Crippen LogP) is 3.02. The third-order valence-electron chi connectivity index (χ3n) is 3.28. The highest BCUT2D eigenvalue weighted by atomic mass is 32.2. The number of aromatic nitrogens is 1. The van der Waals surface area contributed by atoms with Gasteiger partial charge in [-0.2, -0.15) is 8.42 Å². The SMILES string of the molecule is Cc1c(O)cccc1OS(=O)(=O)c1ccc2ccccc2n1. The minimum atomic E-state index is -4.07. The van der Waals surface area contributed by atoms with Gasteiger partial charge in [-0.05, 0) is 37.3 Å². The number of aromatic hydroxyl groups is 1. The molecule has 112 valence electrons. The standard InChI is InChI=1S/C16H13NO4S/c1-11-14(18)7-4-8-15(11)21-22(19,20)16-10-9-12-5-2-3-6-13(12)17-16/h2-10,18H,1H3. The van der Waals surface area contributed by atoms with E-state index in [4.69, 9.17) is 4.18 Å². The largest absolute Gasteiger partial charge is 0.508 e. The zero-order chi connectivity index (χ0) is 15.7. The molecule has 0 spiro atoms. The predicted molar refractivity (Wildman–Crippen MR) is 82.4 cm³/mol. The van der Waals surface area contributed by atoms with Crippen molar-refractivity contribution in [1.82, 2.24) is 4.98 Å². The molecule has 0 atom stereocenters. The molecule has 1 aromatic heterocycles. The summed E-state index contributed by atoms with van der Waals surface area (Å²) in [6, 6.07) is 14.7. The smallest absolute Gasteiger partial charge is 0.356 e. The molecule has 6 heteroatoms. The van der Waals surface area contributed by atoms with Crippen LogP contribution in [0.1, 0.15) is 5.56 Å². The zero-order valence-electron chi connectivity index (χ0n) is 11.7. The van der Waals surface area contributed by atoms with E-state index in [1.165, 1.54) is 24.3 Å². The summed E-state index contributed by atoms with van der Waals surface area (Å²) in [6.45, 7) is 1.58. The van der Waals surface area contributed by atoms with E-state index >= 15 is 0 Å². The summed E-state index contributed by atoms with van der Waals surface area (Å²) in [7, 11) is -4.07. The van der Waals surface area contributed by atoms with Crippen LogP contribution < -0.4 is 4.18 Å². The molecule has 0 aliphatic carbocycles. The molecule has 0 saturated carbocycles. The van der Waals surface area contributed by atoms with E-state index in [9.17, 15) is 13.5 Å². The second-order valence-electron chi connectivity index (χ2n) is 4.78. The third-order valence-corrected chi connectivity index (χ3v) is 4.42. The molecule has 3 aromatic rings. The number of pyridine rings is 1. The number of rotatable bonds is 3. The summed E-state index contributed by atoms with van der Waals surface area (Å²) in [4.78, 5) is 4.12. The maximum atomic E-state index is 12.3. The van der Waals surface area contributed by atoms with Crippen LogP contribution in [0.15, 0.2) is 59.6 Å². The van der Waals surface area contributed by atoms with E-state index in [1.807, 2.05) is 12.1 Å². The minimum absolute atomic E-state index is 0.0285. The molecule has 0 amide bonds. The van der Waals surface area contributed by atoms with Gasteiger partial charge < -0.3 is 9.29 Å². The zero-order valence-corrected chi connectivity index (χ0v) is 12.5. The van der Waals surface area contributed by atoms with Crippen molar-refractivity contribution in [3.63, 3.8) is 0 Å². The molecule has 0 radical (unpaired) electrons. The summed E-state index contributed by atoms with van der Waals surface area (Å²) in [5, 5.41) is 10.3. The Morgan fingerprint density at radius 2 is 1.77 bits per heavy atom. The molecule has 3 rings (SSSR count). The van der Waals surface area contributed by atoms with Gasteiger partial charge in [-0.3, -0.25) is 0 Å². The maximum Gasteiger partial charge on any atom is 0.356 e. The number of para-hydroxylation sites is 1. The molecule has 2 aromatic carbocycles. The average molecular weight is 315 g/mol. The average Bonchev–Trinajstić information content (AvgIpc) is 2.51. The van der Waals surface area contributed by atoms with E-state index < -0.39 is 10.1 Å². The first kappa shape index (κ1) is 14.3. The summed E-state index contributed by atoms with van der Waals surface area (Å²) in [6.07, 6.45) is 0. The molecule has 1 heterocycles. The van der Waals surface area contributed by atoms with Gasteiger partial charge in [0.2, 0.25) is 0 Å². The Kier molecular flexibility index (Phi) is 3.46. The molecule has 22 heavy (non-hydrogen) atoms. The lowest BCUT2D eigenvalue weighted by atomic mass is 10.2. The second-order valence-corrected chi connectivity index (χ2v) is 6.27. The molecule has 0 aliphatic rings. The Bertz CT molecular complexity index is 951. The Morgan fingerprint density at radius 1 is 1.00 bits per heavy atom. The summed E-state index contributed by atoms with van der Waals surface area (Å²) < 4.78 is 29.8. The highest BCUT2D eigenvalue weighted by molar-refractivity contribution is 7.87. The van der Waals surface area contributed by atoms with Gasteiger partial charge in [-0.15, -0.1) is 0 Å². The lowest BCUT2D eigenvalue weighted by molar-refractivity contribution is 0.456. The van der Waals surface area contributed by atoms with Gasteiger partial charge in [0.05, 0.1) is 5.52 Å². The fourth-order valence-corrected chi connectivity index (χ4v) is 2.99. The summed E-state index contributed by atoms with van der Waals surface area (Å²) in [5.74, 6) is 0.0501. The van der Waals surface area contributed by atoms with E-state index in [0.717, 1.165) is 5.39 Å². The second kappa shape index (κ2) is 5.31. The summed E-state index contributed by atoms with van der Waals surface area (Å²) in [5.41, 5.74) is 0.923. The topological polar surface area (TPSA) is 76.5 Å². The molecule has 5 nitrogen and oxygen atoms in total. The summed E-state index contributed by atoms with van der Waals surface area (Å²) >= 11 is 0. The molecular weight excluding hydrogens is 302 g/mol. The normalized spacial score (nSPS) is 11.5. The molecule has 0 unspecified atom stereocenters. The van der Waals surface area contributed by atoms with Crippen molar-refractivity contribution in [2.75, 3.05) is 0 Å². The fourth-order valence-electron chi connectivity index (χ4n) is 2.04. The van der Waals surface area contributed by atoms with Crippen LogP contribution in [-0.4, -0.2) is 18.5 Å². The number of phenols is 1. The van der Waals surface area contributed by atoms with Crippen LogP contribution in [0.2, 0.25) is 0 Å². The first-order valence-corrected chi connectivity index (χ1v) is 7.97.